The lowest BCUT2D eigenvalue weighted by Crippen LogP contribution is -2.17. The zero-order valence-corrected chi connectivity index (χ0v) is 12.1. The molecule has 102 valence electrons. The minimum atomic E-state index is 0.274. The predicted octanol–water partition coefficient (Wildman–Crippen LogP) is 4.67. The third-order valence-electron chi connectivity index (χ3n) is 3.58. The molecule has 20 heavy (non-hydrogen) atoms. The van der Waals surface area contributed by atoms with Crippen LogP contribution in [0.5, 0.6) is 0 Å². The Labute approximate surface area is 123 Å². The van der Waals surface area contributed by atoms with Gasteiger partial charge in [-0.25, -0.2) is 0 Å². The number of fused-ring (bicyclic) bond motifs is 1. The van der Waals surface area contributed by atoms with Crippen LogP contribution in [0.1, 0.15) is 24.1 Å². The number of aromatic amines is 1. The van der Waals surface area contributed by atoms with Crippen molar-refractivity contribution < 1.29 is 0 Å². The fourth-order valence-electron chi connectivity index (χ4n) is 2.38. The molecule has 1 aromatic heterocycles. The van der Waals surface area contributed by atoms with Gasteiger partial charge >= 0.3 is 0 Å². The smallest absolute Gasteiger partial charge is 0.0454 e. The van der Waals surface area contributed by atoms with E-state index in [4.69, 9.17) is 11.6 Å². The van der Waals surface area contributed by atoms with Crippen molar-refractivity contribution in [1.29, 1.82) is 0 Å². The molecule has 0 fully saturated rings. The minimum absolute atomic E-state index is 0.274. The molecule has 3 rings (SSSR count). The van der Waals surface area contributed by atoms with E-state index in [0.717, 1.165) is 11.6 Å². The van der Waals surface area contributed by atoms with Gasteiger partial charge in [0.2, 0.25) is 0 Å². The van der Waals surface area contributed by atoms with Gasteiger partial charge in [-0.05, 0) is 53.8 Å². The average Bonchev–Trinajstić information content (AvgIpc) is 2.92. The van der Waals surface area contributed by atoms with Crippen molar-refractivity contribution in [2.24, 2.45) is 0 Å². The molecular weight excluding hydrogens is 268 g/mol. The molecule has 0 saturated heterocycles. The van der Waals surface area contributed by atoms with Crippen LogP contribution in [-0.4, -0.2) is 4.98 Å². The van der Waals surface area contributed by atoms with Crippen LogP contribution in [0.25, 0.3) is 10.9 Å². The third-order valence-corrected chi connectivity index (χ3v) is 3.81. The Balaban J connectivity index is 1.69. The summed E-state index contributed by atoms with van der Waals surface area (Å²) in [6, 6.07) is 16.8. The normalized spacial score (nSPS) is 12.7. The molecule has 0 unspecified atom stereocenters. The second-order valence-corrected chi connectivity index (χ2v) is 5.49. The number of benzene rings is 2. The van der Waals surface area contributed by atoms with Crippen LogP contribution in [-0.2, 0) is 6.54 Å². The van der Waals surface area contributed by atoms with E-state index in [-0.39, 0.29) is 6.04 Å². The lowest BCUT2D eigenvalue weighted by atomic mass is 10.1. The number of halogens is 1. The van der Waals surface area contributed by atoms with E-state index < -0.39 is 0 Å². The van der Waals surface area contributed by atoms with Crippen molar-refractivity contribution in [3.05, 3.63) is 70.9 Å². The quantitative estimate of drug-likeness (QED) is 0.716. The lowest BCUT2D eigenvalue weighted by molar-refractivity contribution is 0.575. The first kappa shape index (κ1) is 13.2. The van der Waals surface area contributed by atoms with E-state index >= 15 is 0 Å². The van der Waals surface area contributed by atoms with Crippen molar-refractivity contribution >= 4 is 22.5 Å². The van der Waals surface area contributed by atoms with Crippen LogP contribution in [0.2, 0.25) is 5.02 Å². The number of nitrogens with one attached hydrogen (secondary N) is 2. The molecule has 0 aliphatic heterocycles. The summed E-state index contributed by atoms with van der Waals surface area (Å²) < 4.78 is 0. The number of aromatic nitrogens is 1. The maximum Gasteiger partial charge on any atom is 0.0454 e. The van der Waals surface area contributed by atoms with Gasteiger partial charge in [-0.3, -0.25) is 0 Å². The third kappa shape index (κ3) is 2.87. The first-order chi connectivity index (χ1) is 9.72. The number of hydrogen-bond donors (Lipinski definition) is 2. The molecule has 3 heteroatoms. The highest BCUT2D eigenvalue weighted by atomic mass is 35.5. The molecule has 2 aromatic carbocycles. The van der Waals surface area contributed by atoms with Gasteiger partial charge in [-0.15, -0.1) is 0 Å². The second-order valence-electron chi connectivity index (χ2n) is 5.06. The van der Waals surface area contributed by atoms with Gasteiger partial charge in [0, 0.05) is 29.3 Å². The van der Waals surface area contributed by atoms with Crippen LogP contribution in [0, 0.1) is 0 Å². The Bertz CT molecular complexity index is 718. The second kappa shape index (κ2) is 5.70. The van der Waals surface area contributed by atoms with Crippen LogP contribution < -0.4 is 5.32 Å². The number of H-pyrrole nitrogens is 1. The molecule has 0 saturated carbocycles. The van der Waals surface area contributed by atoms with Gasteiger partial charge in [-0.1, -0.05) is 29.8 Å². The Morgan fingerprint density at radius 1 is 1.15 bits per heavy atom. The van der Waals surface area contributed by atoms with Crippen molar-refractivity contribution in [2.75, 3.05) is 0 Å². The zero-order valence-electron chi connectivity index (χ0n) is 11.4. The van der Waals surface area contributed by atoms with Crippen LogP contribution in [0.3, 0.4) is 0 Å². The molecule has 2 nitrogen and oxygen atoms in total. The van der Waals surface area contributed by atoms with E-state index in [9.17, 15) is 0 Å². The van der Waals surface area contributed by atoms with Crippen molar-refractivity contribution in [1.82, 2.24) is 10.3 Å². The van der Waals surface area contributed by atoms with Gasteiger partial charge in [0.1, 0.15) is 0 Å². The maximum absolute atomic E-state index is 6.03. The van der Waals surface area contributed by atoms with Gasteiger partial charge < -0.3 is 10.3 Å². The summed E-state index contributed by atoms with van der Waals surface area (Å²) in [5, 5.41) is 5.56. The highest BCUT2D eigenvalue weighted by molar-refractivity contribution is 6.30. The highest BCUT2D eigenvalue weighted by Gasteiger charge is 2.05. The van der Waals surface area contributed by atoms with E-state index in [1.165, 1.54) is 22.0 Å². The summed E-state index contributed by atoms with van der Waals surface area (Å²) >= 11 is 6.03. The first-order valence-corrected chi connectivity index (χ1v) is 7.15. The molecule has 0 amide bonds. The molecule has 1 atom stereocenters. The Morgan fingerprint density at radius 3 is 2.90 bits per heavy atom. The molecule has 0 radical (unpaired) electrons. The van der Waals surface area contributed by atoms with Gasteiger partial charge in [0.15, 0.2) is 0 Å². The fraction of sp³-hybridized carbons (Fsp3) is 0.176. The highest BCUT2D eigenvalue weighted by Crippen LogP contribution is 2.19. The number of rotatable bonds is 4. The number of hydrogen-bond acceptors (Lipinski definition) is 1. The summed E-state index contributed by atoms with van der Waals surface area (Å²) in [5.74, 6) is 0. The molecule has 0 spiro atoms. The van der Waals surface area contributed by atoms with E-state index in [2.05, 4.69) is 47.6 Å². The Kier molecular flexibility index (Phi) is 3.77. The molecule has 0 bridgehead atoms. The largest absolute Gasteiger partial charge is 0.361 e. The summed E-state index contributed by atoms with van der Waals surface area (Å²) in [4.78, 5) is 3.21. The van der Waals surface area contributed by atoms with E-state index in [0.29, 0.717) is 0 Å². The first-order valence-electron chi connectivity index (χ1n) is 6.77. The Hall–Kier alpha value is -1.77. The molecular formula is C17H17ClN2. The Morgan fingerprint density at radius 2 is 2.05 bits per heavy atom. The molecule has 2 N–H and O–H groups in total. The van der Waals surface area contributed by atoms with Gasteiger partial charge in [0.05, 0.1) is 0 Å². The van der Waals surface area contributed by atoms with Crippen LogP contribution >= 0.6 is 11.6 Å². The van der Waals surface area contributed by atoms with E-state index in [1.807, 2.05) is 24.4 Å². The summed E-state index contributed by atoms with van der Waals surface area (Å²) in [6.45, 7) is 3.00. The van der Waals surface area contributed by atoms with Crippen LogP contribution in [0.4, 0.5) is 0 Å². The van der Waals surface area contributed by atoms with Crippen molar-refractivity contribution in [2.45, 2.75) is 19.5 Å². The molecule has 0 aliphatic carbocycles. The SMILES string of the molecule is C[C@@H](NCc1ccc2[nH]ccc2c1)c1cccc(Cl)c1. The predicted molar refractivity (Wildman–Crippen MR) is 85.0 cm³/mol. The minimum Gasteiger partial charge on any atom is -0.361 e. The van der Waals surface area contributed by atoms with Gasteiger partial charge in [-0.2, -0.15) is 0 Å². The maximum atomic E-state index is 6.03. The fourth-order valence-corrected chi connectivity index (χ4v) is 2.58. The molecule has 1 heterocycles. The zero-order chi connectivity index (χ0) is 13.9. The summed E-state index contributed by atoms with van der Waals surface area (Å²) in [7, 11) is 0. The van der Waals surface area contributed by atoms with Crippen molar-refractivity contribution in [3.63, 3.8) is 0 Å². The monoisotopic (exact) mass is 284 g/mol. The average molecular weight is 285 g/mol. The van der Waals surface area contributed by atoms with E-state index in [1.54, 1.807) is 0 Å². The summed E-state index contributed by atoms with van der Waals surface area (Å²) in [6.07, 6.45) is 1.97. The van der Waals surface area contributed by atoms with Gasteiger partial charge in [0.25, 0.3) is 0 Å². The van der Waals surface area contributed by atoms with Crippen LogP contribution in [0.15, 0.2) is 54.7 Å². The topological polar surface area (TPSA) is 27.8 Å². The van der Waals surface area contributed by atoms with Crippen molar-refractivity contribution in [3.8, 4) is 0 Å². The lowest BCUT2D eigenvalue weighted by Gasteiger charge is -2.14. The standard InChI is InChI=1S/C17H17ClN2/c1-12(14-3-2-4-16(18)10-14)20-11-13-5-6-17-15(9-13)7-8-19-17/h2-10,12,19-20H,11H2,1H3/t12-/m1/s1. The summed E-state index contributed by atoms with van der Waals surface area (Å²) in [5.41, 5.74) is 3.67. The molecule has 3 aromatic rings. The molecule has 0 aliphatic rings.